The van der Waals surface area contributed by atoms with E-state index in [-0.39, 0.29) is 0 Å². The molecule has 0 spiro atoms. The van der Waals surface area contributed by atoms with Crippen LogP contribution in [0.1, 0.15) is 35.1 Å². The monoisotopic (exact) mass is 348 g/mol. The van der Waals surface area contributed by atoms with E-state index in [1.54, 1.807) is 11.1 Å². The molecule has 1 aliphatic carbocycles. The zero-order valence-corrected chi connectivity index (χ0v) is 16.2. The van der Waals surface area contributed by atoms with E-state index in [1.165, 1.54) is 49.9 Å². The molecule has 0 radical (unpaired) electrons. The Hall–Kier alpha value is -1.64. The number of likely N-dealkylation sites (tertiary alicyclic amines) is 1. The minimum atomic E-state index is 0.656. The molecule has 1 N–H and O–H groups in total. The Bertz CT molecular complexity index is 705. The van der Waals surface area contributed by atoms with Gasteiger partial charge in [0.05, 0.1) is 0 Å². The summed E-state index contributed by atoms with van der Waals surface area (Å²) >= 11 is 0. The topological polar surface area (TPSA) is 15.3 Å². The molecule has 1 saturated heterocycles. The highest BCUT2D eigenvalue weighted by molar-refractivity contribution is 5.32. The van der Waals surface area contributed by atoms with Gasteiger partial charge >= 0.3 is 0 Å². The van der Waals surface area contributed by atoms with Crippen LogP contribution >= 0.6 is 0 Å². The summed E-state index contributed by atoms with van der Waals surface area (Å²) < 4.78 is 0. The third-order valence-corrected chi connectivity index (χ3v) is 6.55. The number of hydrogen-bond donors (Lipinski definition) is 1. The van der Waals surface area contributed by atoms with Crippen LogP contribution in [0, 0.1) is 18.8 Å². The lowest BCUT2D eigenvalue weighted by Gasteiger charge is -2.38. The van der Waals surface area contributed by atoms with Crippen molar-refractivity contribution in [2.24, 2.45) is 11.8 Å². The number of hydrogen-bond acceptors (Lipinski definition) is 2. The number of fused-ring (bicyclic) bond motifs is 1. The lowest BCUT2D eigenvalue weighted by molar-refractivity contribution is 0.135. The zero-order valence-electron chi connectivity index (χ0n) is 16.2. The van der Waals surface area contributed by atoms with Gasteiger partial charge in [-0.25, -0.2) is 0 Å². The molecule has 1 heterocycles. The molecular formula is C24H32N2. The van der Waals surface area contributed by atoms with E-state index in [9.17, 15) is 0 Å². The summed E-state index contributed by atoms with van der Waals surface area (Å²) in [7, 11) is 2.17. The van der Waals surface area contributed by atoms with Crippen LogP contribution in [0.3, 0.4) is 0 Å². The van der Waals surface area contributed by atoms with E-state index in [2.05, 4.69) is 72.7 Å². The van der Waals surface area contributed by atoms with Gasteiger partial charge in [-0.15, -0.1) is 0 Å². The van der Waals surface area contributed by atoms with Gasteiger partial charge < -0.3 is 5.32 Å². The molecule has 2 aliphatic rings. The molecule has 2 aromatic carbocycles. The van der Waals surface area contributed by atoms with Gasteiger partial charge in [-0.2, -0.15) is 0 Å². The fourth-order valence-electron chi connectivity index (χ4n) is 5.24. The first-order valence-corrected chi connectivity index (χ1v) is 10.2. The van der Waals surface area contributed by atoms with Crippen molar-refractivity contribution in [2.45, 2.75) is 45.2 Å². The quantitative estimate of drug-likeness (QED) is 0.871. The number of nitrogens with zero attached hydrogens (tertiary/aromatic N) is 1. The SMILES string of the molecule is CNC(C1CCN(Cc2cccc(C)c2)CC1)C1Cc2ccccc2C1. The molecule has 0 saturated carbocycles. The first-order chi connectivity index (χ1) is 12.7. The summed E-state index contributed by atoms with van der Waals surface area (Å²) in [4.78, 5) is 2.64. The highest BCUT2D eigenvalue weighted by Gasteiger charge is 2.34. The fraction of sp³-hybridized carbons (Fsp3) is 0.500. The van der Waals surface area contributed by atoms with Crippen molar-refractivity contribution in [3.8, 4) is 0 Å². The number of rotatable bonds is 5. The molecule has 1 unspecified atom stereocenters. The van der Waals surface area contributed by atoms with Gasteiger partial charge in [0, 0.05) is 12.6 Å². The first kappa shape index (κ1) is 17.8. The normalized spacial score (nSPS) is 20.2. The van der Waals surface area contributed by atoms with Gasteiger partial charge in [-0.1, -0.05) is 54.1 Å². The van der Waals surface area contributed by atoms with Crippen molar-refractivity contribution >= 4 is 0 Å². The van der Waals surface area contributed by atoms with Crippen molar-refractivity contribution in [3.63, 3.8) is 0 Å². The number of aryl methyl sites for hydroxylation is 1. The summed E-state index contributed by atoms with van der Waals surface area (Å²) in [6, 6.07) is 18.7. The number of nitrogens with one attached hydrogen (secondary N) is 1. The molecule has 138 valence electrons. The van der Waals surface area contributed by atoms with Crippen LogP contribution in [-0.2, 0) is 19.4 Å². The summed E-state index contributed by atoms with van der Waals surface area (Å²) in [6.07, 6.45) is 5.16. The lowest BCUT2D eigenvalue weighted by Crippen LogP contribution is -2.46. The van der Waals surface area contributed by atoms with Crippen LogP contribution < -0.4 is 5.32 Å². The van der Waals surface area contributed by atoms with Crippen molar-refractivity contribution in [1.29, 1.82) is 0 Å². The summed E-state index contributed by atoms with van der Waals surface area (Å²) in [5, 5.41) is 3.70. The third-order valence-electron chi connectivity index (χ3n) is 6.55. The van der Waals surface area contributed by atoms with Gasteiger partial charge in [0.15, 0.2) is 0 Å². The summed E-state index contributed by atoms with van der Waals surface area (Å²) in [5.41, 5.74) is 5.98. The summed E-state index contributed by atoms with van der Waals surface area (Å²) in [6.45, 7) is 5.76. The molecule has 0 bridgehead atoms. The highest BCUT2D eigenvalue weighted by atomic mass is 15.1. The Labute approximate surface area is 158 Å². The van der Waals surface area contributed by atoms with Gasteiger partial charge in [0.2, 0.25) is 0 Å². The number of piperidine rings is 1. The van der Waals surface area contributed by atoms with E-state index in [0.717, 1.165) is 18.4 Å². The molecule has 0 amide bonds. The van der Waals surface area contributed by atoms with Gasteiger partial charge in [0.1, 0.15) is 0 Å². The molecule has 1 aliphatic heterocycles. The van der Waals surface area contributed by atoms with Gasteiger partial charge in [0.25, 0.3) is 0 Å². The molecule has 2 aromatic rings. The molecule has 1 atom stereocenters. The zero-order chi connectivity index (χ0) is 17.9. The van der Waals surface area contributed by atoms with E-state index in [1.807, 2.05) is 0 Å². The Morgan fingerprint density at radius 2 is 1.65 bits per heavy atom. The Morgan fingerprint density at radius 3 is 2.27 bits per heavy atom. The molecule has 26 heavy (non-hydrogen) atoms. The minimum absolute atomic E-state index is 0.656. The standard InChI is InChI=1S/C24H32N2/c1-18-6-5-7-19(14-18)17-26-12-10-20(11-13-26)24(25-2)23-15-21-8-3-4-9-22(21)16-23/h3-9,14,20,23-25H,10-13,15-17H2,1-2H3. The maximum Gasteiger partial charge on any atom is 0.0233 e. The smallest absolute Gasteiger partial charge is 0.0233 e. The molecule has 0 aromatic heterocycles. The van der Waals surface area contributed by atoms with Crippen LogP contribution in [0.5, 0.6) is 0 Å². The Kier molecular flexibility index (Phi) is 5.42. The van der Waals surface area contributed by atoms with E-state index in [4.69, 9.17) is 0 Å². The van der Waals surface area contributed by atoms with E-state index in [0.29, 0.717) is 6.04 Å². The largest absolute Gasteiger partial charge is 0.316 e. The minimum Gasteiger partial charge on any atom is -0.316 e. The highest BCUT2D eigenvalue weighted by Crippen LogP contribution is 2.34. The van der Waals surface area contributed by atoms with Crippen LogP contribution in [0.15, 0.2) is 48.5 Å². The van der Waals surface area contributed by atoms with Crippen LogP contribution in [-0.4, -0.2) is 31.1 Å². The first-order valence-electron chi connectivity index (χ1n) is 10.2. The average Bonchev–Trinajstić information content (AvgIpc) is 3.07. The second-order valence-electron chi connectivity index (χ2n) is 8.35. The van der Waals surface area contributed by atoms with Gasteiger partial charge in [-0.05, 0) is 81.3 Å². The lowest BCUT2D eigenvalue weighted by atomic mass is 9.80. The maximum absolute atomic E-state index is 3.70. The molecule has 2 nitrogen and oxygen atoms in total. The van der Waals surface area contributed by atoms with Gasteiger partial charge in [-0.3, -0.25) is 4.90 Å². The second-order valence-corrected chi connectivity index (χ2v) is 8.35. The molecule has 2 heteroatoms. The third kappa shape index (κ3) is 3.87. The maximum atomic E-state index is 3.70. The fourth-order valence-corrected chi connectivity index (χ4v) is 5.24. The Morgan fingerprint density at radius 1 is 0.962 bits per heavy atom. The predicted octanol–water partition coefficient (Wildman–Crippen LogP) is 4.21. The number of benzene rings is 2. The molecular weight excluding hydrogens is 316 g/mol. The van der Waals surface area contributed by atoms with Crippen LogP contribution in [0.2, 0.25) is 0 Å². The van der Waals surface area contributed by atoms with E-state index < -0.39 is 0 Å². The second kappa shape index (κ2) is 7.94. The van der Waals surface area contributed by atoms with Crippen molar-refractivity contribution in [1.82, 2.24) is 10.2 Å². The predicted molar refractivity (Wildman–Crippen MR) is 109 cm³/mol. The van der Waals surface area contributed by atoms with Crippen molar-refractivity contribution in [3.05, 3.63) is 70.8 Å². The summed E-state index contributed by atoms with van der Waals surface area (Å²) in [5.74, 6) is 1.58. The average molecular weight is 349 g/mol. The van der Waals surface area contributed by atoms with Crippen LogP contribution in [0.4, 0.5) is 0 Å². The van der Waals surface area contributed by atoms with Crippen molar-refractivity contribution in [2.75, 3.05) is 20.1 Å². The molecule has 1 fully saturated rings. The van der Waals surface area contributed by atoms with Crippen LogP contribution in [0.25, 0.3) is 0 Å². The molecule has 4 rings (SSSR count). The Balaban J connectivity index is 1.33. The van der Waals surface area contributed by atoms with Crippen molar-refractivity contribution < 1.29 is 0 Å². The van der Waals surface area contributed by atoms with E-state index >= 15 is 0 Å².